The van der Waals surface area contributed by atoms with E-state index in [1.807, 2.05) is 132 Å². The number of nitrogens with zero attached hydrogens (tertiary/aromatic N) is 12. The predicted octanol–water partition coefficient (Wildman–Crippen LogP) is 9.59. The highest BCUT2D eigenvalue weighted by atomic mass is 16.6. The van der Waals surface area contributed by atoms with Gasteiger partial charge in [-0.3, -0.25) is 53.3 Å². The number of carboxylic acid groups (broad SMARTS) is 4. The van der Waals surface area contributed by atoms with E-state index in [4.69, 9.17) is 40.6 Å². The number of aliphatic carboxylic acids is 4. The summed E-state index contributed by atoms with van der Waals surface area (Å²) < 4.78 is 21.9. The minimum absolute atomic E-state index is 0. The van der Waals surface area contributed by atoms with Crippen molar-refractivity contribution in [2.45, 2.75) is 269 Å². The van der Waals surface area contributed by atoms with Crippen molar-refractivity contribution < 1.29 is 116 Å². The van der Waals surface area contributed by atoms with Gasteiger partial charge in [-0.1, -0.05) is 14.9 Å². The fraction of sp³-hybridized carbons (Fsp3) is 0.592. The summed E-state index contributed by atoms with van der Waals surface area (Å²) in [5.74, 6) is -7.45. The molecular weight excluding hydrogens is 1770 g/mol. The van der Waals surface area contributed by atoms with Gasteiger partial charge in [-0.2, -0.15) is 0 Å². The molecule has 4 unspecified atom stereocenters. The van der Waals surface area contributed by atoms with Crippen LogP contribution in [-0.4, -0.2) is 306 Å². The number of nitrogens with one attached hydrogen (secondary N) is 1. The molecule has 744 valence electrons. The maximum Gasteiger partial charge on any atom is 0.410 e. The summed E-state index contributed by atoms with van der Waals surface area (Å²) in [7, 11) is 0. The maximum absolute atomic E-state index is 13.3. The number of rotatable bonds is 20. The van der Waals surface area contributed by atoms with Crippen LogP contribution in [0.25, 0.3) is 0 Å². The molecule has 4 aromatic rings. The lowest BCUT2D eigenvalue weighted by molar-refractivity contribution is -0.145. The van der Waals surface area contributed by atoms with Crippen LogP contribution in [0.5, 0.6) is 0 Å². The SMILES string of the molecule is C.C.CC(C)(C)OC(=O)N1CCN(c2ccc3c(c2)C2(CC2)N(C(CCC(=O)O)C(=O)O)C3=O)CC1.CC(C)(C)OC(=O)N1CCN(c2ccc3c(c2)C2(CC2)N(C(CCC(=O)O)C(N)=O)C3=O)CC1.CC(C)(C)OC(=O)N1CCN(c2ccc3c(c2)C2(CC2)N(C(CCC(N)=O)C(=O)O)C3=O)CC1.CC(C)(C)OC(=O)N1CCN(c2ccc3c(c2)C2(CC2)N(C2CCC(=O)NC2=O)C3=O)CC1. The van der Waals surface area contributed by atoms with Crippen LogP contribution >= 0.6 is 0 Å². The molecule has 9 N–H and O–H groups in total. The van der Waals surface area contributed by atoms with Gasteiger partial charge in [0.15, 0.2) is 0 Å². The molecule has 4 aliphatic carbocycles. The van der Waals surface area contributed by atoms with E-state index in [2.05, 4.69) is 31.0 Å². The molecule has 13 aliphatic rings. The first-order valence-electron chi connectivity index (χ1n) is 46.5. The Hall–Kier alpha value is -13.0. The Balaban J connectivity index is 0.000000163. The number of hydrogen-bond acceptors (Lipinski definition) is 24. The normalized spacial score (nSPS) is 20.5. The molecule has 0 bridgehead atoms. The Morgan fingerprint density at radius 3 is 0.869 bits per heavy atom. The maximum atomic E-state index is 13.3. The third-order valence-electron chi connectivity index (χ3n) is 27.0. The fourth-order valence-electron chi connectivity index (χ4n) is 20.0. The number of imide groups is 1. The Morgan fingerprint density at radius 2 is 0.628 bits per heavy atom. The highest BCUT2D eigenvalue weighted by molar-refractivity contribution is 6.08. The third-order valence-corrected chi connectivity index (χ3v) is 27.0. The van der Waals surface area contributed by atoms with E-state index >= 15 is 0 Å². The largest absolute Gasteiger partial charge is 0.481 e. The minimum Gasteiger partial charge on any atom is -0.481 e. The van der Waals surface area contributed by atoms with E-state index in [-0.39, 0.29) is 120 Å². The molecule has 4 atom stereocenters. The Kier molecular flexibility index (Phi) is 29.5. The molecule has 9 aliphatic heterocycles. The lowest BCUT2D eigenvalue weighted by Gasteiger charge is -2.37. The second-order valence-electron chi connectivity index (χ2n) is 41.0. The lowest BCUT2D eigenvalue weighted by Crippen LogP contribution is -2.55. The first kappa shape index (κ1) is 103. The topological polar surface area (TPSA) is 494 Å². The van der Waals surface area contributed by atoms with Crippen LogP contribution in [-0.2, 0) is 79.5 Å². The first-order chi connectivity index (χ1) is 63.4. The van der Waals surface area contributed by atoms with Gasteiger partial charge >= 0.3 is 48.3 Å². The third kappa shape index (κ3) is 21.9. The number of carbonyl (C=O) groups is 16. The van der Waals surface area contributed by atoms with Gasteiger partial charge in [-0.15, -0.1) is 0 Å². The van der Waals surface area contributed by atoms with E-state index in [1.54, 1.807) is 42.7 Å². The van der Waals surface area contributed by atoms with Crippen LogP contribution in [0.4, 0.5) is 41.9 Å². The summed E-state index contributed by atoms with van der Waals surface area (Å²) in [6, 6.07) is 18.9. The molecule has 12 amide bonds. The van der Waals surface area contributed by atoms with Crippen LogP contribution < -0.4 is 36.4 Å². The smallest absolute Gasteiger partial charge is 0.410 e. The molecule has 9 fully saturated rings. The highest BCUT2D eigenvalue weighted by Gasteiger charge is 2.65. The van der Waals surface area contributed by atoms with Gasteiger partial charge in [0.2, 0.25) is 23.6 Å². The quantitative estimate of drug-likeness (QED) is 0.0319. The average molecular weight is 1910 g/mol. The van der Waals surface area contributed by atoms with Crippen LogP contribution in [0.1, 0.15) is 264 Å². The highest BCUT2D eigenvalue weighted by Crippen LogP contribution is 2.62. The van der Waals surface area contributed by atoms with Crippen LogP contribution in [0.15, 0.2) is 72.8 Å². The van der Waals surface area contributed by atoms with Crippen molar-refractivity contribution in [3.05, 3.63) is 117 Å². The van der Waals surface area contributed by atoms with E-state index in [1.165, 1.54) is 14.7 Å². The number of piperazine rings is 4. The molecule has 39 nitrogen and oxygen atoms in total. The first-order valence-corrected chi connectivity index (χ1v) is 46.5. The number of primary amides is 2. The number of nitrogens with two attached hydrogens (primary N) is 2. The van der Waals surface area contributed by atoms with E-state index in [0.717, 1.165) is 57.8 Å². The molecule has 9 heterocycles. The number of carbonyl (C=O) groups excluding carboxylic acids is 12. The fourth-order valence-corrected chi connectivity index (χ4v) is 20.0. The lowest BCUT2D eigenvalue weighted by atomic mass is 9.99. The Labute approximate surface area is 797 Å². The summed E-state index contributed by atoms with van der Waals surface area (Å²) in [4.78, 5) is 218. The Bertz CT molecular complexity index is 5020. The van der Waals surface area contributed by atoms with E-state index in [0.29, 0.717) is 172 Å². The van der Waals surface area contributed by atoms with Gasteiger partial charge < -0.3 is 110 Å². The van der Waals surface area contributed by atoms with Crippen LogP contribution in [0, 0.1) is 0 Å². The van der Waals surface area contributed by atoms with Gasteiger partial charge in [0.1, 0.15) is 46.6 Å². The van der Waals surface area contributed by atoms with Crippen molar-refractivity contribution >= 4 is 118 Å². The number of amides is 12. The standard InChI is InChI=1S/2C24H32N4O6.C24H30N4O5.C24H31N3O7.2CH4/c1-23(2,3)34-22(33)27-12-10-26(11-13-27)15-4-5-16-17(14-15)24(8-9-24)28(21(16)32)18(20(25)31)6-7-19(29)30;1-23(2,3)34-22(33)27-12-10-26(11-13-27)15-4-5-16-17(14-15)24(8-9-24)28(20(16)30)18(21(31)32)6-7-19(25)29;1-23(2,3)33-22(32)27-12-10-26(11-13-27)15-4-5-16-17(14-15)24(8-9-24)28(21(16)31)18-6-7-19(29)25-20(18)30;1-23(2,3)34-22(33)26-12-10-25(11-13-26)15-4-5-16-17(14-15)24(8-9-24)27(20(16)30)18(21(31)32)6-7-19(28)29;;/h4-5,14,18H,6-13H2,1-3H3,(H2,25,31)(H,29,30);4-5,14,18H,6-13H2,1-3H3,(H2,25,29)(H,31,32);4-5,14,18H,6-13H2,1-3H3,(H,25,29,30);4-5,14,18H,6-13H2,1-3H3,(H,28,29)(H,31,32);2*1H4. The summed E-state index contributed by atoms with van der Waals surface area (Å²) in [6.07, 6.45) is 4.26. The van der Waals surface area contributed by atoms with Gasteiger partial charge in [0, 0.05) is 175 Å². The minimum atomic E-state index is -1.19. The molecule has 4 saturated carbocycles. The number of ether oxygens (including phenoxy) is 4. The van der Waals surface area contributed by atoms with Crippen molar-refractivity contribution in [1.29, 1.82) is 0 Å². The molecular formula is C98H133N15O24. The number of hydrogen-bond donors (Lipinski definition) is 7. The zero-order valence-electron chi connectivity index (χ0n) is 78.8. The monoisotopic (exact) mass is 1900 g/mol. The number of fused-ring (bicyclic) bond motifs is 8. The number of benzene rings is 4. The predicted molar refractivity (Wildman–Crippen MR) is 502 cm³/mol. The summed E-state index contributed by atoms with van der Waals surface area (Å²) in [6.45, 7) is 31.5. The van der Waals surface area contributed by atoms with Gasteiger partial charge in [0.25, 0.3) is 23.6 Å². The van der Waals surface area contributed by atoms with Gasteiger partial charge in [0.05, 0.1) is 22.2 Å². The van der Waals surface area contributed by atoms with E-state index in [9.17, 15) is 86.9 Å². The zero-order valence-corrected chi connectivity index (χ0v) is 78.8. The number of piperidine rings is 1. The second-order valence-corrected chi connectivity index (χ2v) is 41.0. The number of anilines is 4. The van der Waals surface area contributed by atoms with Gasteiger partial charge in [-0.25, -0.2) is 28.8 Å². The molecule has 0 radical (unpaired) electrons. The molecule has 4 spiro atoms. The summed E-state index contributed by atoms with van der Waals surface area (Å²) >= 11 is 0. The van der Waals surface area contributed by atoms with Crippen molar-refractivity contribution in [1.82, 2.24) is 44.5 Å². The Morgan fingerprint density at radius 1 is 0.372 bits per heavy atom. The molecule has 17 rings (SSSR count). The van der Waals surface area contributed by atoms with E-state index < -0.39 is 104 Å². The van der Waals surface area contributed by atoms with Crippen molar-refractivity contribution in [3.63, 3.8) is 0 Å². The molecule has 4 aromatic carbocycles. The van der Waals surface area contributed by atoms with Crippen LogP contribution in [0.3, 0.4) is 0 Å². The number of carboxylic acids is 4. The van der Waals surface area contributed by atoms with Crippen molar-refractivity contribution in [3.8, 4) is 0 Å². The zero-order chi connectivity index (χ0) is 98.1. The van der Waals surface area contributed by atoms with Gasteiger partial charge in [-0.05, 0) is 255 Å². The van der Waals surface area contributed by atoms with Crippen molar-refractivity contribution in [2.75, 3.05) is 124 Å². The van der Waals surface area contributed by atoms with Crippen LogP contribution in [0.2, 0.25) is 0 Å². The molecule has 39 heteroatoms. The summed E-state index contributed by atoms with van der Waals surface area (Å²) in [5, 5.41) is 40.1. The average Bonchev–Trinajstić information content (AvgIpc) is 1.55. The summed E-state index contributed by atoms with van der Waals surface area (Å²) in [5.41, 5.74) is 15.8. The van der Waals surface area contributed by atoms with Crippen molar-refractivity contribution in [2.24, 2.45) is 11.5 Å². The second kappa shape index (κ2) is 39.2. The molecule has 137 heavy (non-hydrogen) atoms. The molecule has 0 aromatic heterocycles. The molecule has 5 saturated heterocycles.